The molecule has 1 saturated carbocycles. The van der Waals surface area contributed by atoms with Gasteiger partial charge in [-0.25, -0.2) is 4.83 Å². The second kappa shape index (κ2) is 5.52. The van der Waals surface area contributed by atoms with Crippen LogP contribution in [0.2, 0.25) is 0 Å². The molecule has 0 amide bonds. The molecule has 0 spiro atoms. The first-order chi connectivity index (χ1) is 8.58. The Morgan fingerprint density at radius 2 is 2.00 bits per heavy atom. The second-order valence-electron chi connectivity index (χ2n) is 4.79. The number of hydrogen-bond donors (Lipinski definition) is 1. The molecule has 0 aliphatic heterocycles. The zero-order valence-corrected chi connectivity index (χ0v) is 11.3. The van der Waals surface area contributed by atoms with Crippen LogP contribution in [-0.2, 0) is 10.0 Å². The molecular weight excluding hydrogens is 248 g/mol. The first-order valence-corrected chi connectivity index (χ1v) is 7.68. The lowest BCUT2D eigenvalue weighted by Gasteiger charge is -2.19. The third-order valence-electron chi connectivity index (χ3n) is 3.12. The van der Waals surface area contributed by atoms with Crippen molar-refractivity contribution in [3.05, 3.63) is 30.3 Å². The van der Waals surface area contributed by atoms with Crippen LogP contribution in [0.3, 0.4) is 0 Å². The maximum Gasteiger partial charge on any atom is 0.276 e. The minimum absolute atomic E-state index is 0.248. The molecule has 4 nitrogen and oxygen atoms in total. The summed E-state index contributed by atoms with van der Waals surface area (Å²) < 4.78 is 23.9. The van der Waals surface area contributed by atoms with Crippen LogP contribution >= 0.6 is 0 Å². The first kappa shape index (κ1) is 13.1. The highest BCUT2D eigenvalue weighted by atomic mass is 32.2. The van der Waals surface area contributed by atoms with Crippen molar-refractivity contribution >= 4 is 15.7 Å². The molecule has 0 radical (unpaired) electrons. The summed E-state index contributed by atoms with van der Waals surface area (Å²) >= 11 is 0. The average Bonchev–Trinajstić information content (AvgIpc) is 2.38. The number of nitrogens with one attached hydrogen (secondary N) is 1. The molecule has 0 aromatic heterocycles. The van der Waals surface area contributed by atoms with Crippen LogP contribution in [0.25, 0.3) is 0 Å². The molecule has 98 valence electrons. The third-order valence-corrected chi connectivity index (χ3v) is 4.35. The van der Waals surface area contributed by atoms with Gasteiger partial charge in [0.05, 0.1) is 4.90 Å². The van der Waals surface area contributed by atoms with Gasteiger partial charge in [-0.05, 0) is 43.7 Å². The summed E-state index contributed by atoms with van der Waals surface area (Å²) in [7, 11) is -3.51. The van der Waals surface area contributed by atoms with E-state index in [1.165, 1.54) is 6.42 Å². The van der Waals surface area contributed by atoms with E-state index in [0.29, 0.717) is 5.92 Å². The molecule has 1 N–H and O–H groups in total. The Bertz CT molecular complexity index is 523. The SMILES string of the molecule is C[C@H]1CCC/C(=N/NS(=O)(=O)c2ccccc2)C1. The Morgan fingerprint density at radius 3 is 2.67 bits per heavy atom. The second-order valence-corrected chi connectivity index (χ2v) is 6.45. The van der Waals surface area contributed by atoms with Crippen LogP contribution in [0.5, 0.6) is 0 Å². The van der Waals surface area contributed by atoms with E-state index in [9.17, 15) is 8.42 Å². The van der Waals surface area contributed by atoms with Crippen LogP contribution in [0.4, 0.5) is 0 Å². The molecule has 0 saturated heterocycles. The predicted molar refractivity (Wildman–Crippen MR) is 71.8 cm³/mol. The zero-order chi connectivity index (χ0) is 13.0. The van der Waals surface area contributed by atoms with Crippen molar-refractivity contribution in [3.8, 4) is 0 Å². The average molecular weight is 266 g/mol. The van der Waals surface area contributed by atoms with Gasteiger partial charge in [-0.2, -0.15) is 13.5 Å². The van der Waals surface area contributed by atoms with Gasteiger partial charge in [-0.3, -0.25) is 0 Å². The van der Waals surface area contributed by atoms with Gasteiger partial charge in [0.25, 0.3) is 10.0 Å². The lowest BCUT2D eigenvalue weighted by atomic mass is 9.89. The fourth-order valence-electron chi connectivity index (χ4n) is 2.14. The summed E-state index contributed by atoms with van der Waals surface area (Å²) in [6.45, 7) is 2.17. The van der Waals surface area contributed by atoms with Gasteiger partial charge in [0.1, 0.15) is 0 Å². The molecule has 1 aromatic rings. The summed E-state index contributed by atoms with van der Waals surface area (Å²) in [4.78, 5) is 2.57. The minimum atomic E-state index is -3.51. The van der Waals surface area contributed by atoms with E-state index in [1.807, 2.05) is 0 Å². The smallest absolute Gasteiger partial charge is 0.200 e. The summed E-state index contributed by atoms with van der Waals surface area (Å²) in [5.41, 5.74) is 0.952. The lowest BCUT2D eigenvalue weighted by molar-refractivity contribution is 0.498. The van der Waals surface area contributed by atoms with Crippen LogP contribution in [0, 0.1) is 5.92 Å². The molecule has 1 aromatic carbocycles. The van der Waals surface area contributed by atoms with Crippen molar-refractivity contribution in [2.75, 3.05) is 0 Å². The number of sulfonamides is 1. The maximum absolute atomic E-state index is 11.9. The molecule has 5 heteroatoms. The van der Waals surface area contributed by atoms with E-state index in [1.54, 1.807) is 30.3 Å². The third kappa shape index (κ3) is 3.32. The van der Waals surface area contributed by atoms with Crippen molar-refractivity contribution in [3.63, 3.8) is 0 Å². The summed E-state index contributed by atoms with van der Waals surface area (Å²) in [6.07, 6.45) is 4.07. The fourth-order valence-corrected chi connectivity index (χ4v) is 3.01. The van der Waals surface area contributed by atoms with Crippen LogP contribution in [0.1, 0.15) is 32.6 Å². The quantitative estimate of drug-likeness (QED) is 0.855. The minimum Gasteiger partial charge on any atom is -0.200 e. The van der Waals surface area contributed by atoms with Crippen molar-refractivity contribution in [2.45, 2.75) is 37.5 Å². The molecule has 2 rings (SSSR count). The molecular formula is C13H18N2O2S. The van der Waals surface area contributed by atoms with Crippen LogP contribution in [0.15, 0.2) is 40.3 Å². The van der Waals surface area contributed by atoms with Gasteiger partial charge < -0.3 is 0 Å². The van der Waals surface area contributed by atoms with E-state index in [0.717, 1.165) is 25.0 Å². The largest absolute Gasteiger partial charge is 0.276 e. The van der Waals surface area contributed by atoms with E-state index >= 15 is 0 Å². The van der Waals surface area contributed by atoms with Gasteiger partial charge in [-0.1, -0.05) is 25.1 Å². The van der Waals surface area contributed by atoms with E-state index in [-0.39, 0.29) is 4.90 Å². The van der Waals surface area contributed by atoms with Gasteiger partial charge >= 0.3 is 0 Å². The normalized spacial score (nSPS) is 22.9. The summed E-state index contributed by atoms with van der Waals surface area (Å²) in [6, 6.07) is 8.31. The van der Waals surface area contributed by atoms with E-state index in [4.69, 9.17) is 0 Å². The number of rotatable bonds is 3. The monoisotopic (exact) mass is 266 g/mol. The maximum atomic E-state index is 11.9. The highest BCUT2D eigenvalue weighted by Crippen LogP contribution is 2.21. The van der Waals surface area contributed by atoms with Gasteiger partial charge in [0.2, 0.25) is 0 Å². The topological polar surface area (TPSA) is 58.5 Å². The van der Waals surface area contributed by atoms with Crippen LogP contribution in [-0.4, -0.2) is 14.1 Å². The summed E-state index contributed by atoms with van der Waals surface area (Å²) in [5, 5.41) is 4.06. The van der Waals surface area contributed by atoms with E-state index in [2.05, 4.69) is 16.9 Å². The molecule has 1 aliphatic carbocycles. The molecule has 0 unspecified atom stereocenters. The number of hydrogen-bond acceptors (Lipinski definition) is 3. The molecule has 0 bridgehead atoms. The molecule has 1 fully saturated rings. The van der Waals surface area contributed by atoms with Crippen molar-refractivity contribution < 1.29 is 8.42 Å². The molecule has 1 aliphatic rings. The van der Waals surface area contributed by atoms with E-state index < -0.39 is 10.0 Å². The van der Waals surface area contributed by atoms with Gasteiger partial charge in [0.15, 0.2) is 0 Å². The molecule has 0 heterocycles. The Morgan fingerprint density at radius 1 is 1.28 bits per heavy atom. The molecule has 1 atom stereocenters. The Hall–Kier alpha value is -1.36. The zero-order valence-electron chi connectivity index (χ0n) is 10.5. The standard InChI is InChI=1S/C13H18N2O2S/c1-11-6-5-7-12(10-11)14-15-18(16,17)13-8-3-2-4-9-13/h2-4,8-9,11,15H,5-7,10H2,1H3/b14-12-/t11-/m0/s1. The predicted octanol–water partition coefficient (Wildman–Crippen LogP) is 2.53. The fraction of sp³-hybridized carbons (Fsp3) is 0.462. The number of benzene rings is 1. The summed E-state index contributed by atoms with van der Waals surface area (Å²) in [5.74, 6) is 0.596. The Kier molecular flexibility index (Phi) is 4.01. The Balaban J connectivity index is 2.07. The molecule has 18 heavy (non-hydrogen) atoms. The first-order valence-electron chi connectivity index (χ1n) is 6.20. The van der Waals surface area contributed by atoms with Gasteiger partial charge in [0, 0.05) is 5.71 Å². The van der Waals surface area contributed by atoms with Crippen molar-refractivity contribution in [1.82, 2.24) is 4.83 Å². The van der Waals surface area contributed by atoms with Crippen molar-refractivity contribution in [1.29, 1.82) is 0 Å². The van der Waals surface area contributed by atoms with Gasteiger partial charge in [-0.15, -0.1) is 0 Å². The Labute approximate surface area is 108 Å². The van der Waals surface area contributed by atoms with Crippen molar-refractivity contribution in [2.24, 2.45) is 11.0 Å². The highest BCUT2D eigenvalue weighted by Gasteiger charge is 2.16. The lowest BCUT2D eigenvalue weighted by Crippen LogP contribution is -2.22. The number of nitrogens with zero attached hydrogens (tertiary/aromatic N) is 1. The number of hydrazone groups is 1. The van der Waals surface area contributed by atoms with Crippen LogP contribution < -0.4 is 4.83 Å². The highest BCUT2D eigenvalue weighted by molar-refractivity contribution is 7.89.